The molecule has 1 saturated heterocycles. The number of nitrogens with zero attached hydrogens (tertiary/aromatic N) is 1. The first kappa shape index (κ1) is 19.2. The van der Waals surface area contributed by atoms with E-state index >= 15 is 0 Å². The molecule has 1 amide bonds. The Morgan fingerprint density at radius 1 is 0.967 bits per heavy atom. The number of methoxy groups -OCH3 is 2. The smallest absolute Gasteiger partial charge is 0.253 e. The lowest BCUT2D eigenvalue weighted by atomic mass is 9.79. The van der Waals surface area contributed by atoms with E-state index in [0.29, 0.717) is 26.3 Å². The number of benzene rings is 2. The number of carbonyl (C=O) groups excluding carboxylic acids is 1. The van der Waals surface area contributed by atoms with Gasteiger partial charge in [-0.05, 0) is 66.3 Å². The minimum absolute atomic E-state index is 0.0860. The quantitative estimate of drug-likeness (QED) is 0.778. The number of amides is 1. The largest absolute Gasteiger partial charge is 0.493 e. The number of piperidine rings is 1. The van der Waals surface area contributed by atoms with Crippen molar-refractivity contribution in [1.82, 2.24) is 4.90 Å². The fourth-order valence-corrected chi connectivity index (χ4v) is 4.97. The number of fused-ring (bicyclic) bond motifs is 3. The molecule has 0 atom stereocenters. The summed E-state index contributed by atoms with van der Waals surface area (Å²) in [6.07, 6.45) is 3.28. The summed E-state index contributed by atoms with van der Waals surface area (Å²) in [5.74, 6) is 2.46. The number of likely N-dealkylation sites (tertiary alicyclic amines) is 1. The lowest BCUT2D eigenvalue weighted by Crippen LogP contribution is -2.48. The SMILES string of the molecule is COc1cc2c(cc1OC)C1(CCN(C(=O)c3ccc4c(c3)CCO4)CC1)OCC2. The number of rotatable bonds is 3. The third kappa shape index (κ3) is 3.10. The van der Waals surface area contributed by atoms with Gasteiger partial charge in [0.1, 0.15) is 5.75 Å². The molecular weight excluding hydrogens is 382 g/mol. The summed E-state index contributed by atoms with van der Waals surface area (Å²) in [5.41, 5.74) is 3.92. The average molecular weight is 409 g/mol. The summed E-state index contributed by atoms with van der Waals surface area (Å²) < 4.78 is 22.9. The maximum absolute atomic E-state index is 13.1. The summed E-state index contributed by atoms with van der Waals surface area (Å²) in [6.45, 7) is 2.71. The molecular formula is C24H27NO5. The van der Waals surface area contributed by atoms with Crippen molar-refractivity contribution < 1.29 is 23.7 Å². The summed E-state index contributed by atoms with van der Waals surface area (Å²) in [4.78, 5) is 15.1. The van der Waals surface area contributed by atoms with Gasteiger partial charge >= 0.3 is 0 Å². The van der Waals surface area contributed by atoms with Crippen LogP contribution in [0, 0.1) is 0 Å². The lowest BCUT2D eigenvalue weighted by molar-refractivity contribution is -0.0936. The molecule has 0 N–H and O–H groups in total. The minimum Gasteiger partial charge on any atom is -0.493 e. The first-order valence-corrected chi connectivity index (χ1v) is 10.6. The molecule has 158 valence electrons. The van der Waals surface area contributed by atoms with Gasteiger partial charge in [0.15, 0.2) is 11.5 Å². The van der Waals surface area contributed by atoms with Crippen molar-refractivity contribution >= 4 is 5.91 Å². The van der Waals surface area contributed by atoms with Gasteiger partial charge < -0.3 is 23.8 Å². The monoisotopic (exact) mass is 409 g/mol. The predicted molar refractivity (Wildman–Crippen MR) is 112 cm³/mol. The second-order valence-electron chi connectivity index (χ2n) is 8.17. The van der Waals surface area contributed by atoms with Gasteiger partial charge in [0.05, 0.1) is 33.0 Å². The third-order valence-corrected chi connectivity index (χ3v) is 6.64. The summed E-state index contributed by atoms with van der Waals surface area (Å²) >= 11 is 0. The summed E-state index contributed by atoms with van der Waals surface area (Å²) in [5, 5.41) is 0. The van der Waals surface area contributed by atoms with Crippen molar-refractivity contribution in [3.05, 3.63) is 52.6 Å². The highest BCUT2D eigenvalue weighted by molar-refractivity contribution is 5.94. The Balaban J connectivity index is 1.36. The van der Waals surface area contributed by atoms with Crippen LogP contribution in [0.3, 0.4) is 0 Å². The molecule has 6 nitrogen and oxygen atoms in total. The average Bonchev–Trinajstić information content (AvgIpc) is 3.26. The van der Waals surface area contributed by atoms with Gasteiger partial charge in [0.25, 0.3) is 5.91 Å². The van der Waals surface area contributed by atoms with Crippen LogP contribution in [-0.4, -0.2) is 51.3 Å². The maximum Gasteiger partial charge on any atom is 0.253 e. The van der Waals surface area contributed by atoms with Crippen LogP contribution < -0.4 is 14.2 Å². The molecule has 0 saturated carbocycles. The van der Waals surface area contributed by atoms with Crippen LogP contribution in [0.25, 0.3) is 0 Å². The minimum atomic E-state index is -0.365. The van der Waals surface area contributed by atoms with E-state index in [2.05, 4.69) is 12.1 Å². The van der Waals surface area contributed by atoms with Crippen molar-refractivity contribution in [3.63, 3.8) is 0 Å². The van der Waals surface area contributed by atoms with E-state index in [4.69, 9.17) is 18.9 Å². The molecule has 3 aliphatic rings. The molecule has 5 rings (SSSR count). The zero-order valence-corrected chi connectivity index (χ0v) is 17.5. The summed E-state index contributed by atoms with van der Waals surface area (Å²) in [7, 11) is 3.32. The molecule has 6 heteroatoms. The van der Waals surface area contributed by atoms with E-state index in [1.54, 1.807) is 14.2 Å². The molecule has 30 heavy (non-hydrogen) atoms. The number of carbonyl (C=O) groups is 1. The van der Waals surface area contributed by atoms with E-state index in [9.17, 15) is 4.79 Å². The molecule has 3 heterocycles. The van der Waals surface area contributed by atoms with Gasteiger partial charge in [-0.1, -0.05) is 0 Å². The van der Waals surface area contributed by atoms with Gasteiger partial charge in [0, 0.05) is 25.1 Å². The molecule has 2 aromatic carbocycles. The van der Waals surface area contributed by atoms with Crippen molar-refractivity contribution in [1.29, 1.82) is 0 Å². The Morgan fingerprint density at radius 2 is 1.70 bits per heavy atom. The van der Waals surface area contributed by atoms with E-state index in [-0.39, 0.29) is 11.5 Å². The Bertz CT molecular complexity index is 978. The van der Waals surface area contributed by atoms with Crippen molar-refractivity contribution in [2.24, 2.45) is 0 Å². The van der Waals surface area contributed by atoms with Gasteiger partial charge in [-0.2, -0.15) is 0 Å². The molecule has 0 unspecified atom stereocenters. The number of ether oxygens (including phenoxy) is 4. The van der Waals surface area contributed by atoms with Crippen LogP contribution in [0.15, 0.2) is 30.3 Å². The molecule has 2 aromatic rings. The highest BCUT2D eigenvalue weighted by Gasteiger charge is 2.42. The van der Waals surface area contributed by atoms with Crippen LogP contribution in [-0.2, 0) is 23.2 Å². The molecule has 1 spiro atoms. The first-order chi connectivity index (χ1) is 14.6. The molecule has 0 bridgehead atoms. The van der Waals surface area contributed by atoms with E-state index < -0.39 is 0 Å². The normalized spacial score (nSPS) is 19.1. The van der Waals surface area contributed by atoms with E-state index in [1.807, 2.05) is 23.1 Å². The highest BCUT2D eigenvalue weighted by Crippen LogP contribution is 2.45. The lowest BCUT2D eigenvalue weighted by Gasteiger charge is -2.45. The van der Waals surface area contributed by atoms with Crippen LogP contribution in [0.1, 0.15) is 39.9 Å². The predicted octanol–water partition coefficient (Wildman–Crippen LogP) is 3.34. The second kappa shape index (κ2) is 7.51. The number of hydrogen-bond acceptors (Lipinski definition) is 5. The highest BCUT2D eigenvalue weighted by atomic mass is 16.5. The molecule has 3 aliphatic heterocycles. The van der Waals surface area contributed by atoms with Gasteiger partial charge in [-0.3, -0.25) is 4.79 Å². The molecule has 0 aliphatic carbocycles. The van der Waals surface area contributed by atoms with Crippen molar-refractivity contribution in [3.8, 4) is 17.2 Å². The zero-order valence-electron chi connectivity index (χ0n) is 17.5. The second-order valence-corrected chi connectivity index (χ2v) is 8.17. The standard InChI is InChI=1S/C24H27NO5/c1-27-21-14-16-6-12-30-24(19(16)15-22(21)28-2)7-9-25(10-8-24)23(26)18-3-4-20-17(13-18)5-11-29-20/h3-4,13-15H,5-12H2,1-2H3. The van der Waals surface area contributed by atoms with Crippen LogP contribution in [0.2, 0.25) is 0 Å². The van der Waals surface area contributed by atoms with Gasteiger partial charge in [0.2, 0.25) is 0 Å². The number of hydrogen-bond donors (Lipinski definition) is 0. The Labute approximate surface area is 176 Å². The van der Waals surface area contributed by atoms with Crippen molar-refractivity contribution in [2.75, 3.05) is 40.5 Å². The van der Waals surface area contributed by atoms with Crippen molar-refractivity contribution in [2.45, 2.75) is 31.3 Å². The fourth-order valence-electron chi connectivity index (χ4n) is 4.97. The summed E-state index contributed by atoms with van der Waals surface area (Å²) in [6, 6.07) is 9.91. The third-order valence-electron chi connectivity index (χ3n) is 6.64. The zero-order chi connectivity index (χ0) is 20.7. The van der Waals surface area contributed by atoms with Crippen LogP contribution in [0.5, 0.6) is 17.2 Å². The maximum atomic E-state index is 13.1. The van der Waals surface area contributed by atoms with E-state index in [0.717, 1.165) is 54.1 Å². The molecule has 1 fully saturated rings. The first-order valence-electron chi connectivity index (χ1n) is 10.6. The Morgan fingerprint density at radius 3 is 2.47 bits per heavy atom. The van der Waals surface area contributed by atoms with Crippen LogP contribution in [0.4, 0.5) is 0 Å². The molecule has 0 aromatic heterocycles. The fraction of sp³-hybridized carbons (Fsp3) is 0.458. The van der Waals surface area contributed by atoms with Crippen LogP contribution >= 0.6 is 0 Å². The van der Waals surface area contributed by atoms with Gasteiger partial charge in [-0.25, -0.2) is 0 Å². The van der Waals surface area contributed by atoms with Gasteiger partial charge in [-0.15, -0.1) is 0 Å². The Kier molecular flexibility index (Phi) is 4.82. The van der Waals surface area contributed by atoms with E-state index in [1.165, 1.54) is 11.1 Å². The Hall–Kier alpha value is -2.73. The topological polar surface area (TPSA) is 57.2 Å². The molecule has 0 radical (unpaired) electrons.